The summed E-state index contributed by atoms with van der Waals surface area (Å²) in [5, 5.41) is 0. The Morgan fingerprint density at radius 1 is 0.323 bits per heavy atom. The molecule has 0 amide bonds. The summed E-state index contributed by atoms with van der Waals surface area (Å²) in [5.74, 6) is -0.930. The van der Waals surface area contributed by atoms with Crippen LogP contribution in [0.3, 0.4) is 0 Å². The molecule has 0 aliphatic heterocycles. The van der Waals surface area contributed by atoms with Crippen molar-refractivity contribution in [3.63, 3.8) is 0 Å². The lowest BCUT2D eigenvalue weighted by molar-refractivity contribution is -0.167. The third-order valence-corrected chi connectivity index (χ3v) is 11.1. The van der Waals surface area contributed by atoms with E-state index in [1.807, 2.05) is 0 Å². The maximum Gasteiger partial charge on any atom is 0.306 e. The molecule has 0 N–H and O–H groups in total. The van der Waals surface area contributed by atoms with E-state index < -0.39 is 6.10 Å². The van der Waals surface area contributed by atoms with Crippen molar-refractivity contribution in [1.82, 2.24) is 0 Å². The molecule has 370 valence electrons. The Labute approximate surface area is 400 Å². The van der Waals surface area contributed by atoms with Crippen molar-refractivity contribution in [3.8, 4) is 0 Å². The Bertz CT molecular complexity index is 1310. The largest absolute Gasteiger partial charge is 0.462 e. The quantitative estimate of drug-likeness (QED) is 0.0262. The number of rotatable bonds is 47. The lowest BCUT2D eigenvalue weighted by Crippen LogP contribution is -2.30. The molecular weight excluding hydrogens is 805 g/mol. The minimum Gasteiger partial charge on any atom is -0.462 e. The summed E-state index contributed by atoms with van der Waals surface area (Å²) in [6, 6.07) is 0. The molecule has 1 atom stereocenters. The Morgan fingerprint density at radius 2 is 0.600 bits per heavy atom. The predicted octanol–water partition coefficient (Wildman–Crippen LogP) is 17.8. The third-order valence-electron chi connectivity index (χ3n) is 11.1. The molecule has 0 aromatic carbocycles. The zero-order chi connectivity index (χ0) is 47.2. The highest BCUT2D eigenvalue weighted by atomic mass is 16.6. The van der Waals surface area contributed by atoms with Gasteiger partial charge in [-0.05, 0) is 96.3 Å². The summed E-state index contributed by atoms with van der Waals surface area (Å²) >= 11 is 0. The summed E-state index contributed by atoms with van der Waals surface area (Å²) in [6.45, 7) is 6.30. The molecule has 6 heteroatoms. The molecule has 65 heavy (non-hydrogen) atoms. The molecule has 0 rings (SSSR count). The van der Waals surface area contributed by atoms with Gasteiger partial charge in [-0.15, -0.1) is 0 Å². The second-order valence-corrected chi connectivity index (χ2v) is 17.4. The first kappa shape index (κ1) is 61.3. The lowest BCUT2D eigenvalue weighted by atomic mass is 10.0. The molecule has 0 fully saturated rings. The molecule has 0 aromatic heterocycles. The first-order valence-corrected chi connectivity index (χ1v) is 26.7. The number of allylic oxidation sites excluding steroid dienone is 16. The smallest absolute Gasteiger partial charge is 0.306 e. The SMILES string of the molecule is CC/C=C\C/C=C\C/C=C\C/C=C\CCCCCCCCCCCCCCC(=O)OCC(COC(=O)CCCCCCC)OC(=O)CCCCCC/C=C\C/C=C\C/C=C\C/C=C\CC. The first-order valence-electron chi connectivity index (χ1n) is 26.7. The van der Waals surface area contributed by atoms with E-state index in [0.29, 0.717) is 19.3 Å². The molecule has 0 saturated carbocycles. The molecule has 0 aromatic rings. The zero-order valence-electron chi connectivity index (χ0n) is 42.2. The van der Waals surface area contributed by atoms with Crippen LogP contribution in [0.2, 0.25) is 0 Å². The summed E-state index contributed by atoms with van der Waals surface area (Å²) in [6.07, 6.45) is 70.1. The summed E-state index contributed by atoms with van der Waals surface area (Å²) in [4.78, 5) is 37.7. The van der Waals surface area contributed by atoms with Gasteiger partial charge < -0.3 is 14.2 Å². The fourth-order valence-corrected chi connectivity index (χ4v) is 7.13. The average Bonchev–Trinajstić information content (AvgIpc) is 3.30. The van der Waals surface area contributed by atoms with Crippen LogP contribution in [0.25, 0.3) is 0 Å². The van der Waals surface area contributed by atoms with E-state index in [2.05, 4.69) is 118 Å². The van der Waals surface area contributed by atoms with Gasteiger partial charge in [0.25, 0.3) is 0 Å². The molecule has 0 radical (unpaired) electrons. The van der Waals surface area contributed by atoms with Crippen molar-refractivity contribution in [2.45, 2.75) is 245 Å². The number of carbonyl (C=O) groups excluding carboxylic acids is 3. The molecule has 6 nitrogen and oxygen atoms in total. The minimum absolute atomic E-state index is 0.0888. The van der Waals surface area contributed by atoms with Gasteiger partial charge in [0.05, 0.1) is 0 Å². The normalized spacial score (nSPS) is 12.8. The van der Waals surface area contributed by atoms with Crippen LogP contribution in [0.15, 0.2) is 97.2 Å². The van der Waals surface area contributed by atoms with Gasteiger partial charge in [-0.25, -0.2) is 0 Å². The highest BCUT2D eigenvalue weighted by molar-refractivity contribution is 5.71. The highest BCUT2D eigenvalue weighted by Crippen LogP contribution is 2.15. The summed E-state index contributed by atoms with van der Waals surface area (Å²) in [7, 11) is 0. The van der Waals surface area contributed by atoms with Crippen LogP contribution in [-0.2, 0) is 28.6 Å². The molecule has 1 unspecified atom stereocenters. The van der Waals surface area contributed by atoms with Gasteiger partial charge in [-0.1, -0.05) is 221 Å². The molecule has 0 aliphatic carbocycles. The monoisotopic (exact) mass is 903 g/mol. The molecule has 0 heterocycles. The fraction of sp³-hybridized carbons (Fsp3) is 0.678. The average molecular weight is 903 g/mol. The van der Waals surface area contributed by atoms with Crippen LogP contribution in [0.5, 0.6) is 0 Å². The Hall–Kier alpha value is -3.67. The van der Waals surface area contributed by atoms with Gasteiger partial charge in [0.15, 0.2) is 6.10 Å². The minimum atomic E-state index is -0.787. The van der Waals surface area contributed by atoms with Crippen LogP contribution in [0.1, 0.15) is 239 Å². The van der Waals surface area contributed by atoms with Crippen LogP contribution in [0, 0.1) is 0 Å². The van der Waals surface area contributed by atoms with Gasteiger partial charge in [-0.2, -0.15) is 0 Å². The van der Waals surface area contributed by atoms with E-state index in [4.69, 9.17) is 14.2 Å². The van der Waals surface area contributed by atoms with Crippen molar-refractivity contribution < 1.29 is 28.6 Å². The first-order chi connectivity index (χ1) is 32.0. The van der Waals surface area contributed by atoms with Crippen LogP contribution >= 0.6 is 0 Å². The van der Waals surface area contributed by atoms with Crippen molar-refractivity contribution in [1.29, 1.82) is 0 Å². The number of unbranched alkanes of at least 4 members (excludes halogenated alkanes) is 20. The summed E-state index contributed by atoms with van der Waals surface area (Å²) < 4.78 is 16.7. The van der Waals surface area contributed by atoms with Crippen LogP contribution in [-0.4, -0.2) is 37.2 Å². The van der Waals surface area contributed by atoms with Gasteiger partial charge in [0.1, 0.15) is 13.2 Å². The van der Waals surface area contributed by atoms with E-state index in [1.54, 1.807) is 0 Å². The highest BCUT2D eigenvalue weighted by Gasteiger charge is 2.19. The van der Waals surface area contributed by atoms with Crippen LogP contribution in [0.4, 0.5) is 0 Å². The fourth-order valence-electron chi connectivity index (χ4n) is 7.13. The molecule has 0 saturated heterocycles. The number of ether oxygens (including phenoxy) is 3. The molecule has 0 bridgehead atoms. The van der Waals surface area contributed by atoms with E-state index in [1.165, 1.54) is 70.6 Å². The van der Waals surface area contributed by atoms with Crippen molar-refractivity contribution in [2.75, 3.05) is 13.2 Å². The van der Waals surface area contributed by atoms with E-state index in [-0.39, 0.29) is 31.1 Å². The van der Waals surface area contributed by atoms with E-state index in [0.717, 1.165) is 128 Å². The van der Waals surface area contributed by atoms with Gasteiger partial charge in [0, 0.05) is 19.3 Å². The van der Waals surface area contributed by atoms with Gasteiger partial charge in [0.2, 0.25) is 0 Å². The topological polar surface area (TPSA) is 78.9 Å². The van der Waals surface area contributed by atoms with Crippen molar-refractivity contribution in [2.24, 2.45) is 0 Å². The van der Waals surface area contributed by atoms with Crippen LogP contribution < -0.4 is 0 Å². The number of esters is 3. The van der Waals surface area contributed by atoms with Crippen molar-refractivity contribution >= 4 is 17.9 Å². The Kier molecular flexibility index (Phi) is 50.0. The standard InChI is InChI=1S/C59H98O6/c1-4-7-10-13-15-17-19-21-23-25-26-27-28-29-30-31-32-34-35-37-39-41-43-46-49-52-58(61)64-55-56(54-63-57(60)51-48-45-12-9-6-3)65-59(62)53-50-47-44-42-40-38-36-33-24-22-20-18-16-14-11-8-5-2/h7-8,10-11,15-18,21-24,26-27,36,38,56H,4-6,9,12-14,19-20,25,28-35,37,39-55H2,1-3H3/b10-7-,11-8-,17-15-,18-16-,23-21-,24-22-,27-26-,38-36-. The van der Waals surface area contributed by atoms with Gasteiger partial charge >= 0.3 is 17.9 Å². The number of hydrogen-bond donors (Lipinski definition) is 0. The lowest BCUT2D eigenvalue weighted by Gasteiger charge is -2.18. The van der Waals surface area contributed by atoms with Gasteiger partial charge in [-0.3, -0.25) is 14.4 Å². The van der Waals surface area contributed by atoms with E-state index >= 15 is 0 Å². The third kappa shape index (κ3) is 51.2. The Morgan fingerprint density at radius 3 is 0.938 bits per heavy atom. The molecule has 0 spiro atoms. The molecular formula is C59H98O6. The maximum absolute atomic E-state index is 12.7. The summed E-state index contributed by atoms with van der Waals surface area (Å²) in [5.41, 5.74) is 0. The predicted molar refractivity (Wildman–Crippen MR) is 279 cm³/mol. The van der Waals surface area contributed by atoms with E-state index in [9.17, 15) is 14.4 Å². The zero-order valence-corrected chi connectivity index (χ0v) is 42.2. The Balaban J connectivity index is 4.14. The maximum atomic E-state index is 12.7. The van der Waals surface area contributed by atoms with Crippen molar-refractivity contribution in [3.05, 3.63) is 97.2 Å². The second kappa shape index (κ2) is 52.9. The molecule has 0 aliphatic rings. The number of carbonyl (C=O) groups is 3. The second-order valence-electron chi connectivity index (χ2n) is 17.4. The number of hydrogen-bond acceptors (Lipinski definition) is 6.